The molecule has 0 saturated carbocycles. The molecule has 0 bridgehead atoms. The maximum Gasteiger partial charge on any atom is 0.252 e. The predicted molar refractivity (Wildman–Crippen MR) is 120 cm³/mol. The van der Waals surface area contributed by atoms with Crippen LogP contribution < -0.4 is 4.74 Å². The smallest absolute Gasteiger partial charge is 0.252 e. The first-order chi connectivity index (χ1) is 15.7. The Bertz CT molecular complexity index is 1010. The Kier molecular flexibility index (Phi) is 7.46. The van der Waals surface area contributed by atoms with E-state index >= 15 is 0 Å². The molecule has 32 heavy (non-hydrogen) atoms. The zero-order valence-electron chi connectivity index (χ0n) is 18.0. The lowest BCUT2D eigenvalue weighted by Crippen LogP contribution is -2.38. The number of carbonyl (C=O) groups is 1. The first kappa shape index (κ1) is 22.0. The Morgan fingerprint density at radius 2 is 1.81 bits per heavy atom. The molecule has 1 aliphatic heterocycles. The minimum atomic E-state index is -0.369. The first-order valence-electron chi connectivity index (χ1n) is 10.9. The van der Waals surface area contributed by atoms with Gasteiger partial charge in [-0.2, -0.15) is 0 Å². The molecule has 5 nitrogen and oxygen atoms in total. The van der Waals surface area contributed by atoms with E-state index in [-0.39, 0.29) is 17.8 Å². The van der Waals surface area contributed by atoms with E-state index in [4.69, 9.17) is 9.47 Å². The number of rotatable bonds is 9. The van der Waals surface area contributed by atoms with Crippen molar-refractivity contribution in [2.24, 2.45) is 0 Å². The van der Waals surface area contributed by atoms with E-state index in [1.165, 1.54) is 12.1 Å². The van der Waals surface area contributed by atoms with Crippen LogP contribution in [0.15, 0.2) is 73.1 Å². The van der Waals surface area contributed by atoms with Gasteiger partial charge in [0.25, 0.3) is 5.91 Å². The van der Waals surface area contributed by atoms with E-state index in [9.17, 15) is 9.18 Å². The van der Waals surface area contributed by atoms with Crippen LogP contribution >= 0.6 is 0 Å². The van der Waals surface area contributed by atoms with Crippen LogP contribution in [0.4, 0.5) is 4.39 Å². The SMILES string of the molecule is O=C(C1CCCO1)N(Cc1ccncc1)Cc1cccc(OCCc2ccc(F)cc2)c1. The maximum absolute atomic E-state index is 13.1. The van der Waals surface area contributed by atoms with E-state index in [0.717, 1.165) is 35.3 Å². The average Bonchev–Trinajstić information content (AvgIpc) is 3.36. The van der Waals surface area contributed by atoms with Gasteiger partial charge >= 0.3 is 0 Å². The monoisotopic (exact) mass is 434 g/mol. The maximum atomic E-state index is 13.1. The molecule has 1 aliphatic rings. The fraction of sp³-hybridized carbons (Fsp3) is 0.308. The molecule has 0 aliphatic carbocycles. The largest absolute Gasteiger partial charge is 0.493 e. The topological polar surface area (TPSA) is 51.7 Å². The zero-order chi connectivity index (χ0) is 22.2. The van der Waals surface area contributed by atoms with Crippen molar-refractivity contribution in [1.82, 2.24) is 9.88 Å². The second-order valence-electron chi connectivity index (χ2n) is 7.92. The van der Waals surface area contributed by atoms with Gasteiger partial charge in [-0.05, 0) is 65.9 Å². The molecule has 4 rings (SSSR count). The highest BCUT2D eigenvalue weighted by Crippen LogP contribution is 2.21. The highest BCUT2D eigenvalue weighted by molar-refractivity contribution is 5.81. The molecule has 0 spiro atoms. The molecule has 1 saturated heterocycles. The van der Waals surface area contributed by atoms with Crippen molar-refractivity contribution in [3.05, 3.63) is 95.6 Å². The van der Waals surface area contributed by atoms with Gasteiger partial charge in [-0.3, -0.25) is 9.78 Å². The number of ether oxygens (including phenoxy) is 2. The van der Waals surface area contributed by atoms with Crippen molar-refractivity contribution < 1.29 is 18.7 Å². The van der Waals surface area contributed by atoms with Gasteiger partial charge in [0.2, 0.25) is 0 Å². The van der Waals surface area contributed by atoms with Crippen LogP contribution in [-0.2, 0) is 29.0 Å². The number of carbonyl (C=O) groups excluding carboxylic acids is 1. The summed E-state index contributed by atoms with van der Waals surface area (Å²) in [5, 5.41) is 0. The van der Waals surface area contributed by atoms with Crippen LogP contribution in [0.1, 0.15) is 29.5 Å². The second-order valence-corrected chi connectivity index (χ2v) is 7.92. The van der Waals surface area contributed by atoms with E-state index < -0.39 is 0 Å². The normalized spacial score (nSPS) is 15.5. The molecule has 0 radical (unpaired) electrons. The van der Waals surface area contributed by atoms with Crippen molar-refractivity contribution >= 4 is 5.91 Å². The Labute approximate surface area is 187 Å². The molecule has 1 unspecified atom stereocenters. The van der Waals surface area contributed by atoms with Gasteiger partial charge in [-0.15, -0.1) is 0 Å². The fourth-order valence-electron chi connectivity index (χ4n) is 3.79. The predicted octanol–water partition coefficient (Wildman–Crippen LogP) is 4.55. The van der Waals surface area contributed by atoms with Gasteiger partial charge in [-0.25, -0.2) is 4.39 Å². The minimum absolute atomic E-state index is 0.0157. The summed E-state index contributed by atoms with van der Waals surface area (Å²) in [5.74, 6) is 0.524. The molecule has 1 atom stereocenters. The number of halogens is 1. The van der Waals surface area contributed by atoms with Crippen LogP contribution in [-0.4, -0.2) is 35.1 Å². The average molecular weight is 435 g/mol. The van der Waals surface area contributed by atoms with Gasteiger partial charge in [0.05, 0.1) is 6.61 Å². The number of nitrogens with zero attached hydrogens (tertiary/aromatic N) is 2. The summed E-state index contributed by atoms with van der Waals surface area (Å²) in [6.45, 7) is 2.09. The number of hydrogen-bond acceptors (Lipinski definition) is 4. The minimum Gasteiger partial charge on any atom is -0.493 e. The van der Waals surface area contributed by atoms with Crippen molar-refractivity contribution in [3.63, 3.8) is 0 Å². The summed E-state index contributed by atoms with van der Waals surface area (Å²) < 4.78 is 24.6. The van der Waals surface area contributed by atoms with Crippen LogP contribution in [0.3, 0.4) is 0 Å². The van der Waals surface area contributed by atoms with Crippen molar-refractivity contribution in [2.75, 3.05) is 13.2 Å². The first-order valence-corrected chi connectivity index (χ1v) is 10.9. The van der Waals surface area contributed by atoms with Crippen LogP contribution in [0, 0.1) is 5.82 Å². The lowest BCUT2D eigenvalue weighted by Gasteiger charge is -2.26. The van der Waals surface area contributed by atoms with Crippen LogP contribution in [0.2, 0.25) is 0 Å². The van der Waals surface area contributed by atoms with Crippen molar-refractivity contribution in [1.29, 1.82) is 0 Å². The van der Waals surface area contributed by atoms with Crippen molar-refractivity contribution in [3.8, 4) is 5.75 Å². The molecule has 1 fully saturated rings. The number of aromatic nitrogens is 1. The summed E-state index contributed by atoms with van der Waals surface area (Å²) in [5.41, 5.74) is 3.04. The molecule has 2 aromatic carbocycles. The third-order valence-electron chi connectivity index (χ3n) is 5.48. The summed E-state index contributed by atoms with van der Waals surface area (Å²) in [6.07, 6.45) is 5.47. The standard InChI is InChI=1S/C26H27FN2O3/c27-23-8-6-20(7-9-23)12-16-31-24-4-1-3-22(17-24)19-29(18-21-10-13-28-14-11-21)26(30)25-5-2-15-32-25/h1,3-4,6-11,13-14,17,25H,2,5,12,15-16,18-19H2. The van der Waals surface area contributed by atoms with Crippen molar-refractivity contribution in [2.45, 2.75) is 38.5 Å². The Balaban J connectivity index is 1.40. The number of pyridine rings is 1. The summed E-state index contributed by atoms with van der Waals surface area (Å²) in [4.78, 5) is 19.0. The van der Waals surface area contributed by atoms with Gasteiger partial charge < -0.3 is 14.4 Å². The van der Waals surface area contributed by atoms with E-state index in [2.05, 4.69) is 4.98 Å². The highest BCUT2D eigenvalue weighted by Gasteiger charge is 2.28. The zero-order valence-corrected chi connectivity index (χ0v) is 18.0. The summed E-state index contributed by atoms with van der Waals surface area (Å²) in [6, 6.07) is 18.1. The van der Waals surface area contributed by atoms with E-state index in [1.54, 1.807) is 24.5 Å². The second kappa shape index (κ2) is 10.9. The summed E-state index contributed by atoms with van der Waals surface area (Å²) in [7, 11) is 0. The lowest BCUT2D eigenvalue weighted by atomic mass is 10.1. The van der Waals surface area contributed by atoms with Gasteiger partial charge in [0.1, 0.15) is 17.7 Å². The molecule has 166 valence electrons. The lowest BCUT2D eigenvalue weighted by molar-refractivity contribution is -0.142. The van der Waals surface area contributed by atoms with Crippen LogP contribution in [0.5, 0.6) is 5.75 Å². The van der Waals surface area contributed by atoms with Gasteiger partial charge in [0.15, 0.2) is 0 Å². The molecule has 1 amide bonds. The Morgan fingerprint density at radius 1 is 1.03 bits per heavy atom. The van der Waals surface area contributed by atoms with Gasteiger partial charge in [-0.1, -0.05) is 24.3 Å². The fourth-order valence-corrected chi connectivity index (χ4v) is 3.79. The molecule has 6 heteroatoms. The Morgan fingerprint density at radius 3 is 2.56 bits per heavy atom. The molecule has 3 aromatic rings. The molecule has 1 aromatic heterocycles. The summed E-state index contributed by atoms with van der Waals surface area (Å²) >= 11 is 0. The van der Waals surface area contributed by atoms with E-state index in [1.807, 2.05) is 41.3 Å². The van der Waals surface area contributed by atoms with Gasteiger partial charge in [0, 0.05) is 38.5 Å². The van der Waals surface area contributed by atoms with E-state index in [0.29, 0.717) is 32.7 Å². The number of hydrogen-bond donors (Lipinski definition) is 0. The number of amides is 1. The number of benzene rings is 2. The highest BCUT2D eigenvalue weighted by atomic mass is 19.1. The Hall–Kier alpha value is -3.25. The molecule has 0 N–H and O–H groups in total. The molecular weight excluding hydrogens is 407 g/mol. The quantitative estimate of drug-likeness (QED) is 0.496. The molecule has 2 heterocycles. The van der Waals surface area contributed by atoms with Crippen LogP contribution in [0.25, 0.3) is 0 Å². The third-order valence-corrected chi connectivity index (χ3v) is 5.48. The third kappa shape index (κ3) is 6.14. The molecular formula is C26H27FN2O3.